The van der Waals surface area contributed by atoms with Crippen LogP contribution in [0.3, 0.4) is 0 Å². The van der Waals surface area contributed by atoms with Crippen molar-refractivity contribution < 1.29 is 4.42 Å². The molecule has 0 spiro atoms. The summed E-state index contributed by atoms with van der Waals surface area (Å²) in [4.78, 5) is 9.21. The topological polar surface area (TPSA) is 63.0 Å². The lowest BCUT2D eigenvalue weighted by Gasteiger charge is -2.13. The molecule has 0 saturated heterocycles. The maximum absolute atomic E-state index is 5.32. The van der Waals surface area contributed by atoms with Gasteiger partial charge in [-0.15, -0.1) is 0 Å². The molecule has 2 aromatic rings. The zero-order valence-electron chi connectivity index (χ0n) is 11.2. The van der Waals surface area contributed by atoms with Gasteiger partial charge in [-0.1, -0.05) is 0 Å². The highest BCUT2D eigenvalue weighted by Gasteiger charge is 2.28. The molecule has 2 heterocycles. The molecule has 2 N–H and O–H groups in total. The Hall–Kier alpha value is -2.04. The molecule has 0 amide bonds. The zero-order valence-corrected chi connectivity index (χ0v) is 11.2. The first-order valence-corrected chi connectivity index (χ1v) is 6.60. The van der Waals surface area contributed by atoms with E-state index in [1.54, 1.807) is 6.26 Å². The summed E-state index contributed by atoms with van der Waals surface area (Å²) in [5.41, 5.74) is 1.04. The van der Waals surface area contributed by atoms with E-state index in [-0.39, 0.29) is 0 Å². The van der Waals surface area contributed by atoms with Crippen LogP contribution in [0, 0.1) is 6.92 Å². The van der Waals surface area contributed by atoms with Crippen LogP contribution in [0.1, 0.15) is 35.9 Å². The summed E-state index contributed by atoms with van der Waals surface area (Å²) in [7, 11) is 1.89. The number of rotatable bonds is 5. The van der Waals surface area contributed by atoms with Crippen molar-refractivity contribution in [1.29, 1.82) is 0 Å². The van der Waals surface area contributed by atoms with Gasteiger partial charge in [-0.2, -0.15) is 0 Å². The van der Waals surface area contributed by atoms with Gasteiger partial charge in [-0.05, 0) is 31.9 Å². The lowest BCUT2D eigenvalue weighted by molar-refractivity contribution is 0.517. The van der Waals surface area contributed by atoms with E-state index in [1.165, 1.54) is 12.8 Å². The summed E-state index contributed by atoms with van der Waals surface area (Å²) >= 11 is 0. The molecule has 0 aromatic carbocycles. The molecule has 0 radical (unpaired) electrons. The molecule has 19 heavy (non-hydrogen) atoms. The average molecular weight is 258 g/mol. The summed E-state index contributed by atoms with van der Waals surface area (Å²) in [6.07, 6.45) is 4.08. The van der Waals surface area contributed by atoms with Crippen LogP contribution >= 0.6 is 0 Å². The van der Waals surface area contributed by atoms with Crippen molar-refractivity contribution in [3.8, 4) is 0 Å². The lowest BCUT2D eigenvalue weighted by atomic mass is 10.2. The molecule has 5 nitrogen and oxygen atoms in total. The lowest BCUT2D eigenvalue weighted by Crippen LogP contribution is -2.09. The maximum atomic E-state index is 5.32. The molecule has 5 heteroatoms. The van der Waals surface area contributed by atoms with Crippen LogP contribution in [0.25, 0.3) is 0 Å². The standard InChI is InChI=1S/C14H18N4O/c1-9-12(15-2)17-14(10-5-6-10)18-13(9)16-8-11-4-3-7-19-11/h3-4,7,10H,5-6,8H2,1-2H3,(H2,15,16,17,18). The molecule has 1 fully saturated rings. The van der Waals surface area contributed by atoms with Crippen molar-refractivity contribution in [2.75, 3.05) is 17.7 Å². The highest BCUT2D eigenvalue weighted by molar-refractivity contribution is 5.57. The third-order valence-electron chi connectivity index (χ3n) is 3.35. The minimum atomic E-state index is 0.539. The minimum absolute atomic E-state index is 0.539. The fourth-order valence-electron chi connectivity index (χ4n) is 2.06. The van der Waals surface area contributed by atoms with Crippen molar-refractivity contribution in [2.45, 2.75) is 32.2 Å². The quantitative estimate of drug-likeness (QED) is 0.863. The fraction of sp³-hybridized carbons (Fsp3) is 0.429. The third-order valence-corrected chi connectivity index (χ3v) is 3.35. The van der Waals surface area contributed by atoms with Crippen molar-refractivity contribution in [3.05, 3.63) is 35.5 Å². The Morgan fingerprint density at radius 2 is 2.11 bits per heavy atom. The second kappa shape index (κ2) is 4.91. The van der Waals surface area contributed by atoms with Crippen LogP contribution in [-0.4, -0.2) is 17.0 Å². The highest BCUT2D eigenvalue weighted by atomic mass is 16.3. The van der Waals surface area contributed by atoms with E-state index in [0.29, 0.717) is 12.5 Å². The van der Waals surface area contributed by atoms with Crippen LogP contribution in [0.5, 0.6) is 0 Å². The fourth-order valence-corrected chi connectivity index (χ4v) is 2.06. The van der Waals surface area contributed by atoms with Gasteiger partial charge in [0, 0.05) is 18.5 Å². The number of hydrogen-bond donors (Lipinski definition) is 2. The van der Waals surface area contributed by atoms with Crippen LogP contribution in [-0.2, 0) is 6.54 Å². The zero-order chi connectivity index (χ0) is 13.2. The van der Waals surface area contributed by atoms with E-state index >= 15 is 0 Å². The van der Waals surface area contributed by atoms with Gasteiger partial charge in [0.1, 0.15) is 23.2 Å². The molecule has 2 aromatic heterocycles. The van der Waals surface area contributed by atoms with Gasteiger partial charge in [-0.3, -0.25) is 0 Å². The summed E-state index contributed by atoms with van der Waals surface area (Å²) in [5, 5.41) is 6.47. The summed E-state index contributed by atoms with van der Waals surface area (Å²) in [6.45, 7) is 2.66. The highest BCUT2D eigenvalue weighted by Crippen LogP contribution is 2.39. The smallest absolute Gasteiger partial charge is 0.136 e. The molecular formula is C14H18N4O. The van der Waals surface area contributed by atoms with E-state index in [1.807, 2.05) is 26.1 Å². The number of furan rings is 1. The molecule has 0 atom stereocenters. The average Bonchev–Trinajstić information content (AvgIpc) is 3.14. The Morgan fingerprint density at radius 1 is 1.32 bits per heavy atom. The predicted molar refractivity (Wildman–Crippen MR) is 74.3 cm³/mol. The molecule has 1 aliphatic rings. The van der Waals surface area contributed by atoms with Crippen molar-refractivity contribution >= 4 is 11.6 Å². The second-order valence-electron chi connectivity index (χ2n) is 4.86. The summed E-state index contributed by atoms with van der Waals surface area (Å²) in [5.74, 6) is 4.17. The van der Waals surface area contributed by atoms with Gasteiger partial charge in [0.25, 0.3) is 0 Å². The minimum Gasteiger partial charge on any atom is -0.467 e. The van der Waals surface area contributed by atoms with Gasteiger partial charge in [0.2, 0.25) is 0 Å². The normalized spacial score (nSPS) is 14.4. The molecule has 0 bridgehead atoms. The Bertz CT molecular complexity index is 561. The van der Waals surface area contributed by atoms with Crippen LogP contribution in [0.15, 0.2) is 22.8 Å². The van der Waals surface area contributed by atoms with Crippen molar-refractivity contribution in [1.82, 2.24) is 9.97 Å². The predicted octanol–water partition coefficient (Wildman–Crippen LogP) is 2.91. The van der Waals surface area contributed by atoms with Gasteiger partial charge in [0.15, 0.2) is 0 Å². The Labute approximate surface area is 112 Å². The largest absolute Gasteiger partial charge is 0.467 e. The SMILES string of the molecule is CNc1nc(C2CC2)nc(NCc2ccco2)c1C. The van der Waals surface area contributed by atoms with Crippen molar-refractivity contribution in [2.24, 2.45) is 0 Å². The maximum Gasteiger partial charge on any atom is 0.136 e. The number of hydrogen-bond acceptors (Lipinski definition) is 5. The van der Waals surface area contributed by atoms with Gasteiger partial charge in [-0.25, -0.2) is 9.97 Å². The second-order valence-corrected chi connectivity index (χ2v) is 4.86. The van der Waals surface area contributed by atoms with Gasteiger partial charge < -0.3 is 15.1 Å². The summed E-state index contributed by atoms with van der Waals surface area (Å²) < 4.78 is 5.32. The molecule has 1 saturated carbocycles. The van der Waals surface area contributed by atoms with Crippen molar-refractivity contribution in [3.63, 3.8) is 0 Å². The molecule has 0 aliphatic heterocycles. The molecule has 0 unspecified atom stereocenters. The first kappa shape index (κ1) is 12.0. The third kappa shape index (κ3) is 2.54. The number of aromatic nitrogens is 2. The van der Waals surface area contributed by atoms with Crippen LogP contribution in [0.4, 0.5) is 11.6 Å². The van der Waals surface area contributed by atoms with E-state index in [4.69, 9.17) is 4.42 Å². The van der Waals surface area contributed by atoms with Gasteiger partial charge >= 0.3 is 0 Å². The van der Waals surface area contributed by atoms with E-state index < -0.39 is 0 Å². The van der Waals surface area contributed by atoms with Gasteiger partial charge in [0.05, 0.1) is 12.8 Å². The molecular weight excluding hydrogens is 240 g/mol. The Balaban J connectivity index is 1.83. The van der Waals surface area contributed by atoms with Crippen LogP contribution in [0.2, 0.25) is 0 Å². The molecule has 1 aliphatic carbocycles. The number of anilines is 2. The molecule has 3 rings (SSSR count). The monoisotopic (exact) mass is 258 g/mol. The first-order chi connectivity index (χ1) is 9.28. The Morgan fingerprint density at radius 3 is 2.74 bits per heavy atom. The van der Waals surface area contributed by atoms with E-state index in [9.17, 15) is 0 Å². The number of nitrogens with zero attached hydrogens (tertiary/aromatic N) is 2. The molecule has 100 valence electrons. The van der Waals surface area contributed by atoms with Crippen LogP contribution < -0.4 is 10.6 Å². The van der Waals surface area contributed by atoms with E-state index in [2.05, 4.69) is 20.6 Å². The van der Waals surface area contributed by atoms with E-state index in [0.717, 1.165) is 28.8 Å². The Kier molecular flexibility index (Phi) is 3.11. The summed E-state index contributed by atoms with van der Waals surface area (Å²) in [6, 6.07) is 3.84. The number of nitrogens with one attached hydrogen (secondary N) is 2. The first-order valence-electron chi connectivity index (χ1n) is 6.60.